The first-order chi connectivity index (χ1) is 12.6. The second-order valence-electron chi connectivity index (χ2n) is 5.71. The molecular weight excluding hydrogens is 398 g/mol. The van der Waals surface area contributed by atoms with Gasteiger partial charge in [0.25, 0.3) is 0 Å². The van der Waals surface area contributed by atoms with Gasteiger partial charge in [-0.2, -0.15) is 4.98 Å². The summed E-state index contributed by atoms with van der Waals surface area (Å²) in [5, 5.41) is 6.42. The molecule has 0 spiro atoms. The number of aromatic amines is 1. The van der Waals surface area contributed by atoms with Crippen LogP contribution in [0.5, 0.6) is 0 Å². The van der Waals surface area contributed by atoms with Crippen LogP contribution in [0.3, 0.4) is 0 Å². The van der Waals surface area contributed by atoms with Crippen molar-refractivity contribution in [2.24, 2.45) is 0 Å². The van der Waals surface area contributed by atoms with E-state index in [1.165, 1.54) is 0 Å². The van der Waals surface area contributed by atoms with Gasteiger partial charge in [0.1, 0.15) is 5.82 Å². The van der Waals surface area contributed by atoms with Crippen molar-refractivity contribution in [3.63, 3.8) is 0 Å². The zero-order valence-electron chi connectivity index (χ0n) is 13.7. The summed E-state index contributed by atoms with van der Waals surface area (Å²) in [6, 6.07) is 13.1. The van der Waals surface area contributed by atoms with Crippen LogP contribution in [0.2, 0.25) is 0 Å². The zero-order chi connectivity index (χ0) is 18.1. The highest BCUT2D eigenvalue weighted by Crippen LogP contribution is 2.24. The van der Waals surface area contributed by atoms with Gasteiger partial charge in [-0.1, -0.05) is 22.0 Å². The Hall–Kier alpha value is -3.13. The Balaban J connectivity index is 1.61. The predicted octanol–water partition coefficient (Wildman–Crippen LogP) is 4.47. The molecule has 0 radical (unpaired) electrons. The minimum absolute atomic E-state index is 0.476. The average molecular weight is 412 g/mol. The Bertz CT molecular complexity index is 1150. The molecule has 26 heavy (non-hydrogen) atoms. The van der Waals surface area contributed by atoms with E-state index >= 15 is 0 Å². The molecule has 0 aliphatic heterocycles. The minimum Gasteiger partial charge on any atom is -0.408 e. The molecular formula is C18H14BrN5O2. The van der Waals surface area contributed by atoms with Gasteiger partial charge in [0.2, 0.25) is 5.95 Å². The maximum Gasteiger partial charge on any atom is 0.417 e. The lowest BCUT2D eigenvalue weighted by molar-refractivity contribution is 0.555. The first kappa shape index (κ1) is 16.3. The Morgan fingerprint density at radius 1 is 1.12 bits per heavy atom. The number of oxazole rings is 1. The Morgan fingerprint density at radius 2 is 1.96 bits per heavy atom. The van der Waals surface area contributed by atoms with Gasteiger partial charge in [-0.25, -0.2) is 9.78 Å². The molecule has 0 saturated carbocycles. The van der Waals surface area contributed by atoms with Crippen LogP contribution in [0.4, 0.5) is 23.1 Å². The number of rotatable bonds is 4. The molecule has 3 N–H and O–H groups in total. The lowest BCUT2D eigenvalue weighted by Crippen LogP contribution is -2.02. The molecule has 2 heterocycles. The maximum absolute atomic E-state index is 11.3. The summed E-state index contributed by atoms with van der Waals surface area (Å²) in [6.07, 6.45) is 1.74. The van der Waals surface area contributed by atoms with Gasteiger partial charge >= 0.3 is 5.76 Å². The Kier molecular flexibility index (Phi) is 4.18. The molecule has 0 aliphatic rings. The minimum atomic E-state index is -0.476. The SMILES string of the molecule is Cc1cnc(Nc2cccc(Br)c2)nc1Nc1ccc2oc(=O)[nH]c2c1. The van der Waals surface area contributed by atoms with Gasteiger partial charge < -0.3 is 15.1 Å². The summed E-state index contributed by atoms with van der Waals surface area (Å²) in [7, 11) is 0. The van der Waals surface area contributed by atoms with Gasteiger partial charge in [-0.3, -0.25) is 4.98 Å². The molecule has 0 fully saturated rings. The van der Waals surface area contributed by atoms with E-state index in [1.54, 1.807) is 18.3 Å². The number of nitrogens with one attached hydrogen (secondary N) is 3. The summed E-state index contributed by atoms with van der Waals surface area (Å²) >= 11 is 3.44. The summed E-state index contributed by atoms with van der Waals surface area (Å²) in [6.45, 7) is 1.92. The Labute approximate surface area is 156 Å². The third kappa shape index (κ3) is 3.45. The van der Waals surface area contributed by atoms with E-state index in [0.717, 1.165) is 21.4 Å². The first-order valence-corrected chi connectivity index (χ1v) is 8.62. The molecule has 2 aromatic carbocycles. The van der Waals surface area contributed by atoms with E-state index in [4.69, 9.17) is 4.42 Å². The summed E-state index contributed by atoms with van der Waals surface area (Å²) in [5.74, 6) is 0.674. The fourth-order valence-electron chi connectivity index (χ4n) is 2.49. The third-order valence-electron chi connectivity index (χ3n) is 3.73. The molecule has 0 saturated heterocycles. The van der Waals surface area contributed by atoms with Gasteiger partial charge in [-0.05, 0) is 43.3 Å². The number of hydrogen-bond donors (Lipinski definition) is 3. The molecule has 130 valence electrons. The van der Waals surface area contributed by atoms with Crippen molar-refractivity contribution in [1.82, 2.24) is 15.0 Å². The van der Waals surface area contributed by atoms with Crippen molar-refractivity contribution in [3.8, 4) is 0 Å². The Morgan fingerprint density at radius 3 is 2.81 bits per heavy atom. The summed E-state index contributed by atoms with van der Waals surface area (Å²) < 4.78 is 5.98. The largest absolute Gasteiger partial charge is 0.417 e. The quantitative estimate of drug-likeness (QED) is 0.458. The monoisotopic (exact) mass is 411 g/mol. The third-order valence-corrected chi connectivity index (χ3v) is 4.23. The van der Waals surface area contributed by atoms with Crippen molar-refractivity contribution in [3.05, 3.63) is 69.2 Å². The van der Waals surface area contributed by atoms with Crippen molar-refractivity contribution in [2.45, 2.75) is 6.92 Å². The molecule has 2 aromatic heterocycles. The molecule has 0 bridgehead atoms. The lowest BCUT2D eigenvalue weighted by atomic mass is 10.2. The second kappa shape index (κ2) is 6.64. The van der Waals surface area contributed by atoms with Crippen LogP contribution in [0.15, 0.2) is 62.3 Å². The highest BCUT2D eigenvalue weighted by Gasteiger charge is 2.07. The van der Waals surface area contributed by atoms with E-state index in [1.807, 2.05) is 37.3 Å². The van der Waals surface area contributed by atoms with Gasteiger partial charge in [0, 0.05) is 27.6 Å². The van der Waals surface area contributed by atoms with E-state index in [0.29, 0.717) is 22.9 Å². The molecule has 0 amide bonds. The van der Waals surface area contributed by atoms with Crippen molar-refractivity contribution in [2.75, 3.05) is 10.6 Å². The molecule has 0 atom stereocenters. The standard InChI is InChI=1S/C18H14BrN5O2/c1-10-9-20-17(22-12-4-2-3-11(19)7-12)24-16(10)21-13-5-6-15-14(8-13)23-18(25)26-15/h2-9H,1H3,(H,23,25)(H2,20,21,22,24). The van der Waals surface area contributed by atoms with Crippen LogP contribution in [-0.4, -0.2) is 15.0 Å². The lowest BCUT2D eigenvalue weighted by Gasteiger charge is -2.11. The van der Waals surface area contributed by atoms with E-state index < -0.39 is 5.76 Å². The van der Waals surface area contributed by atoms with Gasteiger partial charge in [0.05, 0.1) is 5.52 Å². The van der Waals surface area contributed by atoms with Crippen molar-refractivity contribution in [1.29, 1.82) is 0 Å². The van der Waals surface area contributed by atoms with E-state index in [2.05, 4.69) is 41.5 Å². The second-order valence-corrected chi connectivity index (χ2v) is 6.63. The number of aryl methyl sites for hydroxylation is 1. The van der Waals surface area contributed by atoms with Crippen LogP contribution in [0.25, 0.3) is 11.1 Å². The van der Waals surface area contributed by atoms with Crippen LogP contribution in [0, 0.1) is 6.92 Å². The number of halogens is 1. The number of hydrogen-bond acceptors (Lipinski definition) is 6. The normalized spacial score (nSPS) is 10.8. The number of benzene rings is 2. The van der Waals surface area contributed by atoms with Crippen molar-refractivity contribution < 1.29 is 4.42 Å². The van der Waals surface area contributed by atoms with Crippen LogP contribution >= 0.6 is 15.9 Å². The molecule has 4 rings (SSSR count). The van der Waals surface area contributed by atoms with Crippen LogP contribution in [0.1, 0.15) is 5.56 Å². The number of anilines is 4. The topological polar surface area (TPSA) is 95.8 Å². The molecule has 0 unspecified atom stereocenters. The van der Waals surface area contributed by atoms with Crippen LogP contribution in [-0.2, 0) is 0 Å². The van der Waals surface area contributed by atoms with Crippen LogP contribution < -0.4 is 16.4 Å². The highest BCUT2D eigenvalue weighted by atomic mass is 79.9. The maximum atomic E-state index is 11.3. The first-order valence-electron chi connectivity index (χ1n) is 7.83. The van der Waals surface area contributed by atoms with E-state index in [-0.39, 0.29) is 0 Å². The zero-order valence-corrected chi connectivity index (χ0v) is 15.3. The number of nitrogens with zero attached hydrogens (tertiary/aromatic N) is 2. The van der Waals surface area contributed by atoms with Gasteiger partial charge in [-0.15, -0.1) is 0 Å². The number of fused-ring (bicyclic) bond motifs is 1. The average Bonchev–Trinajstić information content (AvgIpc) is 2.97. The predicted molar refractivity (Wildman–Crippen MR) is 104 cm³/mol. The molecule has 0 aliphatic carbocycles. The highest BCUT2D eigenvalue weighted by molar-refractivity contribution is 9.10. The number of aromatic nitrogens is 3. The van der Waals surface area contributed by atoms with Gasteiger partial charge in [0.15, 0.2) is 5.58 Å². The number of H-pyrrole nitrogens is 1. The fraction of sp³-hybridized carbons (Fsp3) is 0.0556. The molecule has 7 nitrogen and oxygen atoms in total. The molecule has 4 aromatic rings. The summed E-state index contributed by atoms with van der Waals surface area (Å²) in [5.41, 5.74) is 3.69. The smallest absolute Gasteiger partial charge is 0.408 e. The summed E-state index contributed by atoms with van der Waals surface area (Å²) in [4.78, 5) is 22.8. The van der Waals surface area contributed by atoms with Crippen molar-refractivity contribution >= 4 is 50.2 Å². The molecule has 8 heteroatoms. The fourth-order valence-corrected chi connectivity index (χ4v) is 2.89. The van der Waals surface area contributed by atoms with E-state index in [9.17, 15) is 4.79 Å².